The molecule has 1 fully saturated rings. The number of aromatic hydroxyl groups is 1. The molecule has 0 atom stereocenters. The highest BCUT2D eigenvalue weighted by Gasteiger charge is 2.31. The number of alkyl halides is 3. The molecule has 2 aliphatic rings. The number of hydrogen-bond donors (Lipinski definition) is 2. The maximum Gasteiger partial charge on any atom is 0.416 e. The van der Waals surface area contributed by atoms with Crippen molar-refractivity contribution < 1.29 is 32.6 Å². The van der Waals surface area contributed by atoms with E-state index >= 15 is 0 Å². The Morgan fingerprint density at radius 1 is 1.09 bits per heavy atom. The van der Waals surface area contributed by atoms with Gasteiger partial charge < -0.3 is 29.5 Å². The largest absolute Gasteiger partial charge is 0.505 e. The Bertz CT molecular complexity index is 1890. The van der Waals surface area contributed by atoms with Crippen molar-refractivity contribution in [1.82, 2.24) is 29.0 Å². The number of fused-ring (bicyclic) bond motifs is 1. The summed E-state index contributed by atoms with van der Waals surface area (Å²) in [7, 11) is 0. The molecule has 240 valence electrons. The molecule has 13 nitrogen and oxygen atoms in total. The Kier molecular flexibility index (Phi) is 8.20. The van der Waals surface area contributed by atoms with Crippen molar-refractivity contribution in [3.63, 3.8) is 0 Å². The van der Waals surface area contributed by atoms with E-state index in [0.717, 1.165) is 34.4 Å². The second-order valence-electron chi connectivity index (χ2n) is 10.8. The van der Waals surface area contributed by atoms with Gasteiger partial charge in [0, 0.05) is 43.8 Å². The molecular weight excluding hydrogens is 609 g/mol. The molecule has 0 aliphatic carbocycles. The lowest BCUT2D eigenvalue weighted by Gasteiger charge is -2.36. The fraction of sp³-hybridized carbons (Fsp3) is 0.333. The molecule has 46 heavy (non-hydrogen) atoms. The highest BCUT2D eigenvalue weighted by molar-refractivity contribution is 5.95. The molecule has 0 saturated carbocycles. The zero-order chi connectivity index (χ0) is 32.6. The number of benzene rings is 1. The van der Waals surface area contributed by atoms with E-state index in [4.69, 9.17) is 4.74 Å². The van der Waals surface area contributed by atoms with Crippen LogP contribution in [0.5, 0.6) is 5.75 Å². The van der Waals surface area contributed by atoms with E-state index in [1.807, 2.05) is 6.08 Å². The number of aromatic nitrogens is 5. The highest BCUT2D eigenvalue weighted by Crippen LogP contribution is 2.30. The Hall–Kier alpha value is -5.25. The molecule has 2 aliphatic heterocycles. The maximum absolute atomic E-state index is 13.9. The van der Waals surface area contributed by atoms with Crippen LogP contribution in [-0.2, 0) is 22.3 Å². The summed E-state index contributed by atoms with van der Waals surface area (Å²) >= 11 is 0. The number of ether oxygens (including phenoxy) is 1. The molecule has 0 radical (unpaired) electrons. The van der Waals surface area contributed by atoms with E-state index in [0.29, 0.717) is 31.2 Å². The molecule has 1 aromatic carbocycles. The van der Waals surface area contributed by atoms with Crippen LogP contribution in [0.25, 0.3) is 11.4 Å². The molecule has 16 heteroatoms. The van der Waals surface area contributed by atoms with Crippen LogP contribution in [0.1, 0.15) is 34.0 Å². The Morgan fingerprint density at radius 3 is 2.48 bits per heavy atom. The summed E-state index contributed by atoms with van der Waals surface area (Å²) < 4.78 is 47.1. The molecule has 1 saturated heterocycles. The first-order chi connectivity index (χ1) is 22.0. The van der Waals surface area contributed by atoms with Crippen LogP contribution in [0, 0.1) is 6.92 Å². The lowest BCUT2D eigenvalue weighted by Crippen LogP contribution is -2.51. The predicted octanol–water partition coefficient (Wildman–Crippen LogP) is 2.72. The van der Waals surface area contributed by atoms with E-state index in [1.165, 1.54) is 27.8 Å². The van der Waals surface area contributed by atoms with Crippen molar-refractivity contribution in [3.05, 3.63) is 81.8 Å². The standard InChI is InChI=1S/C30H29F3N8O5/c1-18-25(38-11-13-39(14-12-38)27(44)24-22(42)3-2-10-34-24)28(45)41-29(36-26(37-41)19-8-15-46-16-9-19)40(18)17-23(43)35-21-6-4-20(5-7-21)30(31,32)33/h2-8,10,42H,9,11-17H2,1H3,(H,35,43). The van der Waals surface area contributed by atoms with Gasteiger partial charge in [-0.25, -0.2) is 4.98 Å². The van der Waals surface area contributed by atoms with Crippen LogP contribution in [0.4, 0.5) is 24.5 Å². The molecule has 0 spiro atoms. The molecule has 2 amide bonds. The molecule has 0 bridgehead atoms. The number of piperazine rings is 1. The zero-order valence-corrected chi connectivity index (χ0v) is 24.6. The van der Waals surface area contributed by atoms with Crippen molar-refractivity contribution in [2.24, 2.45) is 0 Å². The van der Waals surface area contributed by atoms with Gasteiger partial charge in [0.05, 0.1) is 18.8 Å². The summed E-state index contributed by atoms with van der Waals surface area (Å²) in [5.74, 6) is -0.780. The summed E-state index contributed by atoms with van der Waals surface area (Å²) in [5.41, 5.74) is 0.279. The third-order valence-electron chi connectivity index (χ3n) is 7.89. The van der Waals surface area contributed by atoms with E-state index in [9.17, 15) is 32.7 Å². The number of pyridine rings is 1. The summed E-state index contributed by atoms with van der Waals surface area (Å²) in [6.07, 6.45) is -0.733. The number of nitrogens with one attached hydrogen (secondary N) is 1. The maximum atomic E-state index is 13.9. The van der Waals surface area contributed by atoms with Gasteiger partial charge in [-0.3, -0.25) is 14.4 Å². The number of carbonyl (C=O) groups excluding carboxylic acids is 2. The second kappa shape index (κ2) is 12.3. The first-order valence-electron chi connectivity index (χ1n) is 14.4. The SMILES string of the molecule is Cc1c(N2CCN(C(=O)c3ncccc3O)CC2)c(=O)n2nc(C3=CCOCC3)nc2n1CC(=O)Nc1ccc(C(F)(F)F)cc1. The number of amides is 2. The molecule has 6 rings (SSSR count). The fourth-order valence-corrected chi connectivity index (χ4v) is 5.50. The van der Waals surface area contributed by atoms with Gasteiger partial charge in [-0.15, -0.1) is 5.10 Å². The van der Waals surface area contributed by atoms with Crippen LogP contribution in [0.2, 0.25) is 0 Å². The third-order valence-corrected chi connectivity index (χ3v) is 7.89. The van der Waals surface area contributed by atoms with Crippen LogP contribution in [0.15, 0.2) is 53.5 Å². The number of hydrogen-bond acceptors (Lipinski definition) is 9. The van der Waals surface area contributed by atoms with E-state index < -0.39 is 29.1 Å². The third kappa shape index (κ3) is 6.02. The van der Waals surface area contributed by atoms with Gasteiger partial charge in [-0.1, -0.05) is 6.08 Å². The quantitative estimate of drug-likeness (QED) is 0.325. The van der Waals surface area contributed by atoms with E-state index in [-0.39, 0.29) is 61.3 Å². The molecule has 3 aromatic heterocycles. The fourth-order valence-electron chi connectivity index (χ4n) is 5.50. The van der Waals surface area contributed by atoms with Gasteiger partial charge in [0.15, 0.2) is 11.5 Å². The number of halogens is 3. The first kappa shape index (κ1) is 30.8. The first-order valence-corrected chi connectivity index (χ1v) is 14.4. The van der Waals surface area contributed by atoms with Crippen LogP contribution >= 0.6 is 0 Å². The van der Waals surface area contributed by atoms with Gasteiger partial charge in [0.2, 0.25) is 11.7 Å². The Balaban J connectivity index is 1.31. The molecule has 0 unspecified atom stereocenters. The molecule has 5 heterocycles. The van der Waals surface area contributed by atoms with E-state index in [2.05, 4.69) is 20.4 Å². The van der Waals surface area contributed by atoms with E-state index in [1.54, 1.807) is 11.8 Å². The number of anilines is 2. The minimum Gasteiger partial charge on any atom is -0.505 e. The van der Waals surface area contributed by atoms with Crippen molar-refractivity contribution in [2.45, 2.75) is 26.1 Å². The summed E-state index contributed by atoms with van der Waals surface area (Å²) in [5, 5.41) is 17.2. The Morgan fingerprint density at radius 2 is 1.83 bits per heavy atom. The summed E-state index contributed by atoms with van der Waals surface area (Å²) in [6, 6.07) is 6.99. The van der Waals surface area contributed by atoms with Gasteiger partial charge in [0.25, 0.3) is 11.5 Å². The predicted molar refractivity (Wildman–Crippen MR) is 159 cm³/mol. The van der Waals surface area contributed by atoms with Gasteiger partial charge in [-0.05, 0) is 55.3 Å². The van der Waals surface area contributed by atoms with Crippen LogP contribution in [0.3, 0.4) is 0 Å². The van der Waals surface area contributed by atoms with Crippen molar-refractivity contribution in [3.8, 4) is 5.75 Å². The molecular formula is C30H29F3N8O5. The summed E-state index contributed by atoms with van der Waals surface area (Å²) in [4.78, 5) is 52.1. The van der Waals surface area contributed by atoms with Crippen LogP contribution in [-0.4, -0.2) is 85.4 Å². The highest BCUT2D eigenvalue weighted by atomic mass is 19.4. The molecule has 4 aromatic rings. The Labute approximate surface area is 259 Å². The minimum absolute atomic E-state index is 0.0625. The number of nitrogens with zero attached hydrogens (tertiary/aromatic N) is 7. The monoisotopic (exact) mass is 638 g/mol. The van der Waals surface area contributed by atoms with Crippen molar-refractivity contribution >= 4 is 34.5 Å². The normalized spacial score (nSPS) is 15.6. The molecule has 2 N–H and O–H groups in total. The lowest BCUT2D eigenvalue weighted by molar-refractivity contribution is -0.137. The van der Waals surface area contributed by atoms with Gasteiger partial charge in [0.1, 0.15) is 18.0 Å². The smallest absolute Gasteiger partial charge is 0.416 e. The van der Waals surface area contributed by atoms with Crippen molar-refractivity contribution in [1.29, 1.82) is 0 Å². The minimum atomic E-state index is -4.51. The zero-order valence-electron chi connectivity index (χ0n) is 24.6. The number of carbonyl (C=O) groups is 2. The van der Waals surface area contributed by atoms with Gasteiger partial charge >= 0.3 is 6.18 Å². The summed E-state index contributed by atoms with van der Waals surface area (Å²) in [6.45, 7) is 3.19. The second-order valence-corrected chi connectivity index (χ2v) is 10.8. The average Bonchev–Trinajstić information content (AvgIpc) is 3.50. The lowest BCUT2D eigenvalue weighted by atomic mass is 10.1. The topological polar surface area (TPSA) is 147 Å². The van der Waals surface area contributed by atoms with Crippen LogP contribution < -0.4 is 15.8 Å². The van der Waals surface area contributed by atoms with Gasteiger partial charge in [-0.2, -0.15) is 22.7 Å². The average molecular weight is 639 g/mol. The number of rotatable bonds is 6. The van der Waals surface area contributed by atoms with Crippen molar-refractivity contribution in [2.75, 3.05) is 49.6 Å².